The summed E-state index contributed by atoms with van der Waals surface area (Å²) < 4.78 is 12.1. The smallest absolute Gasteiger partial charge is 0.327 e. The Morgan fingerprint density at radius 1 is 1.24 bits per heavy atom. The monoisotopic (exact) mass is 422 g/mol. The van der Waals surface area contributed by atoms with E-state index >= 15 is 0 Å². The van der Waals surface area contributed by atoms with E-state index in [1.54, 1.807) is 6.08 Å². The van der Waals surface area contributed by atoms with Gasteiger partial charge in [-0.2, -0.15) is 11.8 Å². The van der Waals surface area contributed by atoms with E-state index in [0.29, 0.717) is 18.3 Å². The Labute approximate surface area is 180 Å². The number of carboxylic acids is 1. The largest absolute Gasteiger partial charge is 0.478 e. The number of rotatable bonds is 13. The van der Waals surface area contributed by atoms with Gasteiger partial charge in [-0.05, 0) is 61.9 Å². The van der Waals surface area contributed by atoms with Crippen LogP contribution in [0.15, 0.2) is 36.5 Å². The van der Waals surface area contributed by atoms with Crippen LogP contribution in [0.3, 0.4) is 0 Å². The lowest BCUT2D eigenvalue weighted by molar-refractivity contribution is -0.179. The average Bonchev–Trinajstić information content (AvgIpc) is 3.16. The van der Waals surface area contributed by atoms with Crippen LogP contribution < -0.4 is 0 Å². The highest BCUT2D eigenvalue weighted by atomic mass is 32.2. The molecule has 0 amide bonds. The van der Waals surface area contributed by atoms with Gasteiger partial charge in [0.25, 0.3) is 0 Å². The summed E-state index contributed by atoms with van der Waals surface area (Å²) in [6.07, 6.45) is 21.8. The molecule has 0 spiro atoms. The van der Waals surface area contributed by atoms with Gasteiger partial charge in [0.05, 0.1) is 6.10 Å². The normalized spacial score (nSPS) is 26.7. The molecule has 2 rings (SSSR count). The lowest BCUT2D eigenvalue weighted by Crippen LogP contribution is -2.27. The first-order valence-electron chi connectivity index (χ1n) is 11.3. The Balaban J connectivity index is 1.82. The summed E-state index contributed by atoms with van der Waals surface area (Å²) in [4.78, 5) is 10.5. The summed E-state index contributed by atoms with van der Waals surface area (Å²) in [5.74, 6) is 2.72. The van der Waals surface area contributed by atoms with Crippen LogP contribution in [0.25, 0.3) is 0 Å². The lowest BCUT2D eigenvalue weighted by atomic mass is 9.91. The van der Waals surface area contributed by atoms with Crippen LogP contribution in [0, 0.1) is 11.8 Å². The molecule has 0 bridgehead atoms. The molecule has 164 valence electrons. The lowest BCUT2D eigenvalue weighted by Gasteiger charge is -2.27. The van der Waals surface area contributed by atoms with Crippen molar-refractivity contribution < 1.29 is 19.4 Å². The predicted molar refractivity (Wildman–Crippen MR) is 121 cm³/mol. The Hall–Kier alpha value is -1.04. The van der Waals surface area contributed by atoms with E-state index in [-0.39, 0.29) is 12.4 Å². The van der Waals surface area contributed by atoms with Gasteiger partial charge in [0, 0.05) is 12.7 Å². The van der Waals surface area contributed by atoms with Gasteiger partial charge in [-0.1, -0.05) is 56.6 Å². The molecule has 29 heavy (non-hydrogen) atoms. The maximum atomic E-state index is 10.5. The summed E-state index contributed by atoms with van der Waals surface area (Å²) in [6, 6.07) is 0. The zero-order chi connectivity index (χ0) is 20.7. The van der Waals surface area contributed by atoms with Gasteiger partial charge in [-0.15, -0.1) is 0 Å². The van der Waals surface area contributed by atoms with Crippen molar-refractivity contribution in [3.8, 4) is 0 Å². The molecule has 0 aromatic heterocycles. The van der Waals surface area contributed by atoms with E-state index in [9.17, 15) is 4.79 Å². The second kappa shape index (κ2) is 14.9. The predicted octanol–water partition coefficient (Wildman–Crippen LogP) is 5.99. The van der Waals surface area contributed by atoms with Gasteiger partial charge >= 0.3 is 5.97 Å². The van der Waals surface area contributed by atoms with Gasteiger partial charge in [0.2, 0.25) is 0 Å². The molecule has 2 aliphatic rings. The van der Waals surface area contributed by atoms with Gasteiger partial charge in [-0.3, -0.25) is 0 Å². The van der Waals surface area contributed by atoms with Gasteiger partial charge in [-0.25, -0.2) is 4.79 Å². The molecule has 2 aliphatic heterocycles. The summed E-state index contributed by atoms with van der Waals surface area (Å²) in [7, 11) is 0. The van der Waals surface area contributed by atoms with Crippen molar-refractivity contribution in [2.24, 2.45) is 11.8 Å². The van der Waals surface area contributed by atoms with Crippen molar-refractivity contribution in [3.05, 3.63) is 36.5 Å². The molecule has 4 nitrogen and oxygen atoms in total. The fraction of sp³-hybridized carbons (Fsp3) is 0.708. The molecule has 2 fully saturated rings. The molecule has 2 heterocycles. The SMILES string of the molecule is CCCCCC(C=C[C@H]1CSC[C@H]1CC=CCC=CC(=O)O)OC1CCCCO1. The van der Waals surface area contributed by atoms with Crippen molar-refractivity contribution in [2.45, 2.75) is 77.1 Å². The third-order valence-corrected chi connectivity index (χ3v) is 6.80. The van der Waals surface area contributed by atoms with Crippen LogP contribution in [0.2, 0.25) is 0 Å². The molecule has 0 radical (unpaired) electrons. The summed E-state index contributed by atoms with van der Waals surface area (Å²) >= 11 is 2.03. The van der Waals surface area contributed by atoms with Crippen LogP contribution in [0.5, 0.6) is 0 Å². The summed E-state index contributed by atoms with van der Waals surface area (Å²) in [5.41, 5.74) is 0. The molecule has 1 N–H and O–H groups in total. The number of allylic oxidation sites excluding steroid dienone is 4. The molecule has 0 saturated carbocycles. The maximum Gasteiger partial charge on any atom is 0.327 e. The third kappa shape index (κ3) is 10.5. The molecule has 5 heteroatoms. The summed E-state index contributed by atoms with van der Waals surface area (Å²) in [5, 5.41) is 8.61. The maximum absolute atomic E-state index is 10.5. The highest BCUT2D eigenvalue weighted by Gasteiger charge is 2.25. The number of aliphatic carboxylic acids is 1. The van der Waals surface area contributed by atoms with Crippen LogP contribution in [-0.4, -0.2) is 41.6 Å². The third-order valence-electron chi connectivity index (χ3n) is 5.52. The van der Waals surface area contributed by atoms with Crippen LogP contribution in [-0.2, 0) is 14.3 Å². The fourth-order valence-corrected chi connectivity index (χ4v) is 5.25. The topological polar surface area (TPSA) is 55.8 Å². The van der Waals surface area contributed by atoms with Crippen LogP contribution in [0.1, 0.15) is 64.7 Å². The Morgan fingerprint density at radius 2 is 2.14 bits per heavy atom. The molecule has 0 aliphatic carbocycles. The minimum absolute atomic E-state index is 0.0319. The van der Waals surface area contributed by atoms with E-state index in [2.05, 4.69) is 31.2 Å². The quantitative estimate of drug-likeness (QED) is 0.224. The van der Waals surface area contributed by atoms with Crippen LogP contribution >= 0.6 is 11.8 Å². The van der Waals surface area contributed by atoms with Crippen molar-refractivity contribution in [3.63, 3.8) is 0 Å². The Bertz CT molecular complexity index is 537. The molecule has 2 saturated heterocycles. The number of carboxylic acid groups (broad SMARTS) is 1. The summed E-state index contributed by atoms with van der Waals surface area (Å²) in [6.45, 7) is 3.06. The van der Waals surface area contributed by atoms with E-state index in [1.807, 2.05) is 11.8 Å². The zero-order valence-electron chi connectivity index (χ0n) is 17.8. The fourth-order valence-electron chi connectivity index (χ4n) is 3.77. The molecule has 4 atom stereocenters. The van der Waals surface area contributed by atoms with Gasteiger partial charge < -0.3 is 14.6 Å². The molecule has 0 aromatic rings. The highest BCUT2D eigenvalue weighted by molar-refractivity contribution is 7.99. The first-order chi connectivity index (χ1) is 14.2. The highest BCUT2D eigenvalue weighted by Crippen LogP contribution is 2.34. The van der Waals surface area contributed by atoms with Crippen molar-refractivity contribution in [1.82, 2.24) is 0 Å². The van der Waals surface area contributed by atoms with Crippen molar-refractivity contribution >= 4 is 17.7 Å². The number of hydrogen-bond acceptors (Lipinski definition) is 4. The average molecular weight is 423 g/mol. The Kier molecular flexibility index (Phi) is 12.4. The Morgan fingerprint density at radius 3 is 2.90 bits per heavy atom. The number of unbranched alkanes of at least 4 members (excludes halogenated alkanes) is 2. The molecule has 0 aromatic carbocycles. The minimum atomic E-state index is -0.884. The van der Waals surface area contributed by atoms with E-state index in [4.69, 9.17) is 14.6 Å². The minimum Gasteiger partial charge on any atom is -0.478 e. The van der Waals surface area contributed by atoms with Crippen molar-refractivity contribution in [2.75, 3.05) is 18.1 Å². The number of ether oxygens (including phenoxy) is 2. The van der Waals surface area contributed by atoms with Crippen molar-refractivity contribution in [1.29, 1.82) is 0 Å². The van der Waals surface area contributed by atoms with E-state index in [1.165, 1.54) is 43.3 Å². The van der Waals surface area contributed by atoms with E-state index < -0.39 is 5.97 Å². The first-order valence-corrected chi connectivity index (χ1v) is 12.4. The van der Waals surface area contributed by atoms with E-state index in [0.717, 1.165) is 32.3 Å². The zero-order valence-corrected chi connectivity index (χ0v) is 18.7. The molecular formula is C24H38O4S. The number of carbonyl (C=O) groups is 1. The van der Waals surface area contributed by atoms with Gasteiger partial charge in [0.1, 0.15) is 0 Å². The number of hydrogen-bond donors (Lipinski definition) is 1. The number of thioether (sulfide) groups is 1. The standard InChI is InChI=1S/C24H38O4S/c1-2-3-6-12-22(28-24-14-9-10-17-27-24)16-15-21-19-29-18-20(21)11-7-4-5-8-13-23(25)26/h4,7-8,13,15-16,20-22,24H,2-3,5-6,9-12,14,17-19H2,1H3,(H,25,26)/t20-,21+,22?,24?/m1/s1. The molecule has 2 unspecified atom stereocenters. The van der Waals surface area contributed by atoms with Gasteiger partial charge in [0.15, 0.2) is 6.29 Å². The molecular weight excluding hydrogens is 384 g/mol. The van der Waals surface area contributed by atoms with Crippen LogP contribution in [0.4, 0.5) is 0 Å². The second-order valence-corrected chi connectivity index (χ2v) is 9.07. The second-order valence-electron chi connectivity index (χ2n) is 8.00. The first kappa shape index (κ1) is 24.2.